The molecule has 0 aliphatic carbocycles. The molecule has 0 saturated heterocycles. The molecule has 5 nitrogen and oxygen atoms in total. The minimum Gasteiger partial charge on any atom is -0.490 e. The van der Waals surface area contributed by atoms with Gasteiger partial charge in [0.25, 0.3) is 0 Å². The van der Waals surface area contributed by atoms with Crippen molar-refractivity contribution < 1.29 is 23.7 Å². The zero-order valence-corrected chi connectivity index (χ0v) is 15.0. The van der Waals surface area contributed by atoms with Gasteiger partial charge in [-0.15, -0.1) is 0 Å². The van der Waals surface area contributed by atoms with Gasteiger partial charge in [0.2, 0.25) is 0 Å². The van der Waals surface area contributed by atoms with Gasteiger partial charge in [0, 0.05) is 5.56 Å². The summed E-state index contributed by atoms with van der Waals surface area (Å²) in [4.78, 5) is 10.9. The van der Waals surface area contributed by atoms with E-state index in [-0.39, 0.29) is 6.61 Å². The molecule has 0 atom stereocenters. The van der Waals surface area contributed by atoms with Crippen LogP contribution < -0.4 is 18.9 Å². The topological polar surface area (TPSA) is 54.0 Å². The van der Waals surface area contributed by atoms with Crippen LogP contribution in [0.1, 0.15) is 24.2 Å². The van der Waals surface area contributed by atoms with Crippen molar-refractivity contribution >= 4 is 17.9 Å². The van der Waals surface area contributed by atoms with Gasteiger partial charge in [0.1, 0.15) is 19.5 Å². The number of hydrogen-bond donors (Lipinski definition) is 0. The number of para-hydroxylation sites is 2. The molecule has 0 N–H and O–H groups in total. The quantitative estimate of drug-likeness (QED) is 0.461. The molecule has 0 fully saturated rings. The fourth-order valence-electron chi connectivity index (χ4n) is 2.20. The summed E-state index contributed by atoms with van der Waals surface area (Å²) < 4.78 is 22.4. The monoisotopic (exact) mass is 364 g/mol. The molecule has 2 aromatic rings. The highest BCUT2D eigenvalue weighted by Gasteiger charge is 2.13. The van der Waals surface area contributed by atoms with Crippen LogP contribution in [0.2, 0.25) is 5.02 Å². The van der Waals surface area contributed by atoms with Crippen LogP contribution in [0.15, 0.2) is 36.4 Å². The Hall–Kier alpha value is -2.40. The molecule has 0 heterocycles. The van der Waals surface area contributed by atoms with E-state index in [1.54, 1.807) is 6.07 Å². The van der Waals surface area contributed by atoms with E-state index >= 15 is 0 Å². The Bertz CT molecular complexity index is 702. The summed E-state index contributed by atoms with van der Waals surface area (Å²) in [5.74, 6) is 2.18. The van der Waals surface area contributed by atoms with E-state index in [1.165, 1.54) is 6.07 Å². The van der Waals surface area contributed by atoms with Crippen molar-refractivity contribution in [3.8, 4) is 23.0 Å². The van der Waals surface area contributed by atoms with Gasteiger partial charge in [-0.3, -0.25) is 4.79 Å². The minimum atomic E-state index is 0.265. The molecule has 0 aliphatic heterocycles. The standard InChI is InChI=1S/C19H21ClO5/c1-3-22-16-7-5-6-8-17(16)24-9-10-25-19-15(20)11-14(13-21)12-18(19)23-4-2/h5-8,11-13H,3-4,9-10H2,1-2H3. The smallest absolute Gasteiger partial charge is 0.179 e. The summed E-state index contributed by atoms with van der Waals surface area (Å²) in [6.07, 6.45) is 0.714. The van der Waals surface area contributed by atoms with Crippen molar-refractivity contribution in [1.82, 2.24) is 0 Å². The summed E-state index contributed by atoms with van der Waals surface area (Å²) in [7, 11) is 0. The van der Waals surface area contributed by atoms with E-state index in [0.717, 1.165) is 0 Å². The lowest BCUT2D eigenvalue weighted by Crippen LogP contribution is -2.11. The van der Waals surface area contributed by atoms with Gasteiger partial charge in [0.15, 0.2) is 23.0 Å². The zero-order chi connectivity index (χ0) is 18.1. The van der Waals surface area contributed by atoms with Crippen molar-refractivity contribution in [2.45, 2.75) is 13.8 Å². The number of carbonyl (C=O) groups is 1. The van der Waals surface area contributed by atoms with Crippen molar-refractivity contribution in [1.29, 1.82) is 0 Å². The number of halogens is 1. The third kappa shape index (κ3) is 5.29. The van der Waals surface area contributed by atoms with Crippen LogP contribution >= 0.6 is 11.6 Å². The van der Waals surface area contributed by atoms with E-state index in [1.807, 2.05) is 38.1 Å². The highest BCUT2D eigenvalue weighted by Crippen LogP contribution is 2.36. The SMILES string of the molecule is CCOc1ccccc1OCCOc1c(Cl)cc(C=O)cc1OCC. The maximum Gasteiger partial charge on any atom is 0.179 e. The predicted octanol–water partition coefficient (Wildman–Crippen LogP) is 4.41. The second-order valence-corrected chi connectivity index (χ2v) is 5.36. The van der Waals surface area contributed by atoms with E-state index in [0.29, 0.717) is 59.7 Å². The van der Waals surface area contributed by atoms with E-state index in [2.05, 4.69) is 0 Å². The number of carbonyl (C=O) groups excluding carboxylic acids is 1. The lowest BCUT2D eigenvalue weighted by atomic mass is 10.2. The normalized spacial score (nSPS) is 10.2. The second-order valence-electron chi connectivity index (χ2n) is 4.96. The molecule has 0 aliphatic rings. The lowest BCUT2D eigenvalue weighted by molar-refractivity contribution is 0.112. The van der Waals surface area contributed by atoms with Gasteiger partial charge < -0.3 is 18.9 Å². The third-order valence-electron chi connectivity index (χ3n) is 3.20. The largest absolute Gasteiger partial charge is 0.490 e. The van der Waals surface area contributed by atoms with Crippen molar-refractivity contribution in [3.63, 3.8) is 0 Å². The van der Waals surface area contributed by atoms with Gasteiger partial charge in [-0.1, -0.05) is 23.7 Å². The molecule has 0 spiro atoms. The maximum absolute atomic E-state index is 10.9. The molecule has 25 heavy (non-hydrogen) atoms. The summed E-state index contributed by atoms with van der Waals surface area (Å²) in [5, 5.41) is 0.322. The minimum absolute atomic E-state index is 0.265. The van der Waals surface area contributed by atoms with Crippen LogP contribution in [0.3, 0.4) is 0 Å². The third-order valence-corrected chi connectivity index (χ3v) is 3.48. The first-order chi connectivity index (χ1) is 12.2. The van der Waals surface area contributed by atoms with Gasteiger partial charge in [-0.25, -0.2) is 0 Å². The fraction of sp³-hybridized carbons (Fsp3) is 0.316. The number of rotatable bonds is 10. The Labute approximate surface area is 152 Å². The first kappa shape index (κ1) is 18.9. The molecular weight excluding hydrogens is 344 g/mol. The van der Waals surface area contributed by atoms with Crippen LogP contribution in [-0.4, -0.2) is 32.7 Å². The molecule has 2 rings (SSSR count). The first-order valence-electron chi connectivity index (χ1n) is 8.08. The van der Waals surface area contributed by atoms with E-state index in [4.69, 9.17) is 30.5 Å². The van der Waals surface area contributed by atoms with Crippen LogP contribution in [0.5, 0.6) is 23.0 Å². The number of hydrogen-bond acceptors (Lipinski definition) is 5. The Morgan fingerprint density at radius 2 is 1.48 bits per heavy atom. The molecule has 2 aromatic carbocycles. The Kier molecular flexibility index (Phi) is 7.41. The van der Waals surface area contributed by atoms with Gasteiger partial charge in [-0.2, -0.15) is 0 Å². The summed E-state index contributed by atoms with van der Waals surface area (Å²) in [6, 6.07) is 10.6. The lowest BCUT2D eigenvalue weighted by Gasteiger charge is -2.15. The molecular formula is C19H21ClO5. The Morgan fingerprint density at radius 1 is 0.880 bits per heavy atom. The fourth-order valence-corrected chi connectivity index (χ4v) is 2.47. The van der Waals surface area contributed by atoms with Crippen LogP contribution in [0.4, 0.5) is 0 Å². The summed E-state index contributed by atoms with van der Waals surface area (Å²) in [5.41, 5.74) is 0.433. The molecule has 0 aromatic heterocycles. The number of aldehydes is 1. The Morgan fingerprint density at radius 3 is 2.12 bits per heavy atom. The zero-order valence-electron chi connectivity index (χ0n) is 14.3. The molecule has 0 amide bonds. The first-order valence-corrected chi connectivity index (χ1v) is 8.46. The average Bonchev–Trinajstić information content (AvgIpc) is 2.62. The van der Waals surface area contributed by atoms with Gasteiger partial charge in [-0.05, 0) is 38.1 Å². The molecule has 0 radical (unpaired) electrons. The summed E-state index contributed by atoms with van der Waals surface area (Å²) in [6.45, 7) is 5.34. The average molecular weight is 365 g/mol. The number of ether oxygens (including phenoxy) is 4. The highest BCUT2D eigenvalue weighted by atomic mass is 35.5. The van der Waals surface area contributed by atoms with Gasteiger partial charge >= 0.3 is 0 Å². The van der Waals surface area contributed by atoms with Crippen molar-refractivity contribution in [3.05, 3.63) is 47.0 Å². The predicted molar refractivity (Wildman–Crippen MR) is 96.6 cm³/mol. The second kappa shape index (κ2) is 9.79. The molecule has 0 unspecified atom stereocenters. The van der Waals surface area contributed by atoms with Crippen molar-refractivity contribution in [2.75, 3.05) is 26.4 Å². The highest BCUT2D eigenvalue weighted by molar-refractivity contribution is 6.32. The van der Waals surface area contributed by atoms with Crippen molar-refractivity contribution in [2.24, 2.45) is 0 Å². The number of benzene rings is 2. The van der Waals surface area contributed by atoms with Gasteiger partial charge in [0.05, 0.1) is 18.2 Å². The maximum atomic E-state index is 10.9. The molecule has 0 bridgehead atoms. The van der Waals surface area contributed by atoms with Crippen LogP contribution in [0, 0.1) is 0 Å². The molecule has 0 saturated carbocycles. The summed E-state index contributed by atoms with van der Waals surface area (Å²) >= 11 is 6.19. The van der Waals surface area contributed by atoms with Crippen LogP contribution in [0.25, 0.3) is 0 Å². The molecule has 134 valence electrons. The van der Waals surface area contributed by atoms with E-state index < -0.39 is 0 Å². The van der Waals surface area contributed by atoms with Crippen LogP contribution in [-0.2, 0) is 0 Å². The van der Waals surface area contributed by atoms with E-state index in [9.17, 15) is 4.79 Å². The Balaban J connectivity index is 1.99. The molecule has 6 heteroatoms.